The van der Waals surface area contributed by atoms with Gasteiger partial charge in [0.2, 0.25) is 5.91 Å². The minimum Gasteiger partial charge on any atom is -0.326 e. The lowest BCUT2D eigenvalue weighted by Crippen LogP contribution is -2.18. The zero-order valence-electron chi connectivity index (χ0n) is 13.0. The Labute approximate surface area is 130 Å². The van der Waals surface area contributed by atoms with Gasteiger partial charge in [0.05, 0.1) is 0 Å². The molecule has 2 N–H and O–H groups in total. The SMILES string of the molecule is Cc1ccccc1C(=O)Nc1cccc(NC(=O)C(C)C)c1. The smallest absolute Gasteiger partial charge is 0.255 e. The number of hydrogen-bond donors (Lipinski definition) is 2. The zero-order valence-corrected chi connectivity index (χ0v) is 13.0. The third-order valence-electron chi connectivity index (χ3n) is 3.30. The Kier molecular flexibility index (Phi) is 4.94. The van der Waals surface area contributed by atoms with Crippen molar-refractivity contribution >= 4 is 23.2 Å². The summed E-state index contributed by atoms with van der Waals surface area (Å²) in [5.74, 6) is -0.307. The molecule has 2 aromatic carbocycles. The maximum atomic E-state index is 12.3. The predicted molar refractivity (Wildman–Crippen MR) is 89.0 cm³/mol. The molecule has 2 aromatic rings. The molecule has 0 heterocycles. The first-order valence-corrected chi connectivity index (χ1v) is 7.25. The Balaban J connectivity index is 2.12. The van der Waals surface area contributed by atoms with Crippen LogP contribution in [-0.4, -0.2) is 11.8 Å². The lowest BCUT2D eigenvalue weighted by molar-refractivity contribution is -0.118. The van der Waals surface area contributed by atoms with E-state index in [1.807, 2.05) is 39.0 Å². The number of anilines is 2. The second-order valence-corrected chi connectivity index (χ2v) is 5.49. The van der Waals surface area contributed by atoms with E-state index in [1.54, 1.807) is 30.3 Å². The van der Waals surface area contributed by atoms with Gasteiger partial charge in [-0.1, -0.05) is 38.1 Å². The molecule has 4 heteroatoms. The molecule has 0 saturated carbocycles. The van der Waals surface area contributed by atoms with E-state index in [2.05, 4.69) is 10.6 Å². The largest absolute Gasteiger partial charge is 0.326 e. The van der Waals surface area contributed by atoms with Gasteiger partial charge in [-0.25, -0.2) is 0 Å². The van der Waals surface area contributed by atoms with Gasteiger partial charge in [0.25, 0.3) is 5.91 Å². The summed E-state index contributed by atoms with van der Waals surface area (Å²) in [7, 11) is 0. The molecule has 0 fully saturated rings. The lowest BCUT2D eigenvalue weighted by Gasteiger charge is -2.11. The zero-order chi connectivity index (χ0) is 16.1. The van der Waals surface area contributed by atoms with Gasteiger partial charge < -0.3 is 10.6 Å². The Morgan fingerprint density at radius 2 is 1.55 bits per heavy atom. The molecule has 0 aromatic heterocycles. The van der Waals surface area contributed by atoms with Gasteiger partial charge in [0.1, 0.15) is 0 Å². The molecule has 0 aliphatic rings. The second kappa shape index (κ2) is 6.89. The highest BCUT2D eigenvalue weighted by Gasteiger charge is 2.10. The van der Waals surface area contributed by atoms with Crippen molar-refractivity contribution in [2.75, 3.05) is 10.6 Å². The molecule has 4 nitrogen and oxygen atoms in total. The molecular weight excluding hydrogens is 276 g/mol. The van der Waals surface area contributed by atoms with Crippen molar-refractivity contribution < 1.29 is 9.59 Å². The van der Waals surface area contributed by atoms with E-state index in [9.17, 15) is 9.59 Å². The van der Waals surface area contributed by atoms with Crippen LogP contribution in [0.1, 0.15) is 29.8 Å². The minimum atomic E-state index is -0.162. The molecule has 0 aliphatic heterocycles. The molecule has 2 rings (SSSR count). The Bertz CT molecular complexity index is 693. The predicted octanol–water partition coefficient (Wildman–Crippen LogP) is 3.84. The minimum absolute atomic E-state index is 0.0534. The number of nitrogens with one attached hydrogen (secondary N) is 2. The second-order valence-electron chi connectivity index (χ2n) is 5.49. The molecule has 114 valence electrons. The number of rotatable bonds is 4. The van der Waals surface area contributed by atoms with Crippen LogP contribution in [0.5, 0.6) is 0 Å². The van der Waals surface area contributed by atoms with Crippen molar-refractivity contribution in [2.45, 2.75) is 20.8 Å². The van der Waals surface area contributed by atoms with Crippen molar-refractivity contribution in [1.29, 1.82) is 0 Å². The fourth-order valence-corrected chi connectivity index (χ4v) is 1.99. The third-order valence-corrected chi connectivity index (χ3v) is 3.30. The molecule has 0 saturated heterocycles. The number of aryl methyl sites for hydroxylation is 1. The van der Waals surface area contributed by atoms with Crippen molar-refractivity contribution in [3.63, 3.8) is 0 Å². The van der Waals surface area contributed by atoms with Crippen LogP contribution in [0.4, 0.5) is 11.4 Å². The normalized spacial score (nSPS) is 10.4. The maximum absolute atomic E-state index is 12.3. The van der Waals surface area contributed by atoms with E-state index in [1.165, 1.54) is 0 Å². The number of hydrogen-bond acceptors (Lipinski definition) is 2. The van der Waals surface area contributed by atoms with Crippen LogP contribution in [0.15, 0.2) is 48.5 Å². The van der Waals surface area contributed by atoms with Gasteiger partial charge in [-0.05, 0) is 36.8 Å². The van der Waals surface area contributed by atoms with Gasteiger partial charge in [-0.3, -0.25) is 9.59 Å². The molecular formula is C18H20N2O2. The van der Waals surface area contributed by atoms with E-state index in [0.717, 1.165) is 5.56 Å². The Morgan fingerprint density at radius 3 is 2.18 bits per heavy atom. The van der Waals surface area contributed by atoms with Crippen molar-refractivity contribution in [2.24, 2.45) is 5.92 Å². The first-order chi connectivity index (χ1) is 10.5. The van der Waals surface area contributed by atoms with Gasteiger partial charge in [0, 0.05) is 22.9 Å². The first-order valence-electron chi connectivity index (χ1n) is 7.25. The molecule has 0 radical (unpaired) electrons. The number of amides is 2. The van der Waals surface area contributed by atoms with Crippen LogP contribution in [-0.2, 0) is 4.79 Å². The number of carbonyl (C=O) groups excluding carboxylic acids is 2. The molecule has 0 spiro atoms. The third kappa shape index (κ3) is 3.95. The van der Waals surface area contributed by atoms with Gasteiger partial charge in [-0.2, -0.15) is 0 Å². The Hall–Kier alpha value is -2.62. The fraction of sp³-hybridized carbons (Fsp3) is 0.222. The van der Waals surface area contributed by atoms with Crippen LogP contribution < -0.4 is 10.6 Å². The maximum Gasteiger partial charge on any atom is 0.255 e. The quantitative estimate of drug-likeness (QED) is 0.900. The summed E-state index contributed by atoms with van der Waals surface area (Å²) in [4.78, 5) is 24.0. The summed E-state index contributed by atoms with van der Waals surface area (Å²) in [6.45, 7) is 5.56. The lowest BCUT2D eigenvalue weighted by atomic mass is 10.1. The molecule has 0 bridgehead atoms. The standard InChI is InChI=1S/C18H20N2O2/c1-12(2)17(21)19-14-8-6-9-15(11-14)20-18(22)16-10-5-4-7-13(16)3/h4-12H,1-3H3,(H,19,21)(H,20,22). The van der Waals surface area contributed by atoms with E-state index < -0.39 is 0 Å². The highest BCUT2D eigenvalue weighted by Crippen LogP contribution is 2.17. The van der Waals surface area contributed by atoms with Crippen LogP contribution in [0.25, 0.3) is 0 Å². The first kappa shape index (κ1) is 15.8. The van der Waals surface area contributed by atoms with Crippen molar-refractivity contribution in [1.82, 2.24) is 0 Å². The van der Waals surface area contributed by atoms with Crippen LogP contribution in [0.2, 0.25) is 0 Å². The number of carbonyl (C=O) groups is 2. The summed E-state index contributed by atoms with van der Waals surface area (Å²) in [6, 6.07) is 14.5. The molecule has 0 atom stereocenters. The average Bonchev–Trinajstić information content (AvgIpc) is 2.47. The molecule has 0 aliphatic carbocycles. The van der Waals surface area contributed by atoms with Gasteiger partial charge in [0.15, 0.2) is 0 Å². The van der Waals surface area contributed by atoms with E-state index >= 15 is 0 Å². The van der Waals surface area contributed by atoms with Gasteiger partial charge >= 0.3 is 0 Å². The topological polar surface area (TPSA) is 58.2 Å². The fourth-order valence-electron chi connectivity index (χ4n) is 1.99. The summed E-state index contributed by atoms with van der Waals surface area (Å²) >= 11 is 0. The van der Waals surface area contributed by atoms with Crippen molar-refractivity contribution in [3.05, 3.63) is 59.7 Å². The summed E-state index contributed by atoms with van der Waals surface area (Å²) in [5, 5.41) is 5.67. The highest BCUT2D eigenvalue weighted by atomic mass is 16.2. The van der Waals surface area contributed by atoms with Crippen LogP contribution in [0.3, 0.4) is 0 Å². The van der Waals surface area contributed by atoms with E-state index in [4.69, 9.17) is 0 Å². The van der Waals surface area contributed by atoms with Crippen LogP contribution in [0, 0.1) is 12.8 Å². The molecule has 2 amide bonds. The number of benzene rings is 2. The van der Waals surface area contributed by atoms with Crippen LogP contribution >= 0.6 is 0 Å². The van der Waals surface area contributed by atoms with Crippen molar-refractivity contribution in [3.8, 4) is 0 Å². The highest BCUT2D eigenvalue weighted by molar-refractivity contribution is 6.05. The van der Waals surface area contributed by atoms with Gasteiger partial charge in [-0.15, -0.1) is 0 Å². The summed E-state index contributed by atoms with van der Waals surface area (Å²) < 4.78 is 0. The molecule has 22 heavy (non-hydrogen) atoms. The monoisotopic (exact) mass is 296 g/mol. The van der Waals surface area contributed by atoms with E-state index in [0.29, 0.717) is 16.9 Å². The summed E-state index contributed by atoms with van der Waals surface area (Å²) in [5.41, 5.74) is 2.87. The Morgan fingerprint density at radius 1 is 0.909 bits per heavy atom. The average molecular weight is 296 g/mol. The summed E-state index contributed by atoms with van der Waals surface area (Å²) in [6.07, 6.45) is 0. The van der Waals surface area contributed by atoms with E-state index in [-0.39, 0.29) is 17.7 Å². The molecule has 0 unspecified atom stereocenters.